The highest BCUT2D eigenvalue weighted by Crippen LogP contribution is 2.40. The topological polar surface area (TPSA) is 301 Å². The van der Waals surface area contributed by atoms with Crippen LogP contribution in [0.25, 0.3) is 22.5 Å². The Morgan fingerprint density at radius 3 is 2.10 bits per heavy atom. The van der Waals surface area contributed by atoms with E-state index in [1.807, 2.05) is 6.07 Å². The summed E-state index contributed by atoms with van der Waals surface area (Å²) in [7, 11) is 3.00. The lowest BCUT2D eigenvalue weighted by Crippen LogP contribution is -2.56. The largest absolute Gasteiger partial charge is 0.492 e. The number of ether oxygens (including phenoxy) is 4. The van der Waals surface area contributed by atoms with Gasteiger partial charge in [-0.25, -0.2) is 9.97 Å². The molecule has 1 aliphatic heterocycles. The van der Waals surface area contributed by atoms with Crippen molar-refractivity contribution < 1.29 is 42.9 Å². The highest BCUT2D eigenvalue weighted by molar-refractivity contribution is 6.00. The van der Waals surface area contributed by atoms with Gasteiger partial charge in [0, 0.05) is 50.4 Å². The average Bonchev–Trinajstić information content (AvgIpc) is 3.31. The predicted molar refractivity (Wildman–Crippen MR) is 248 cm³/mol. The van der Waals surface area contributed by atoms with Gasteiger partial charge in [0.25, 0.3) is 5.91 Å². The third-order valence-electron chi connectivity index (χ3n) is 10.8. The number of aromatic nitrogens is 2. The average molecular weight is 922 g/mol. The summed E-state index contributed by atoms with van der Waals surface area (Å²) in [6.07, 6.45) is -0.0193. The number of benzene rings is 3. The lowest BCUT2D eigenvalue weighted by Gasteiger charge is -2.32. The van der Waals surface area contributed by atoms with E-state index in [-0.39, 0.29) is 57.8 Å². The van der Waals surface area contributed by atoms with Crippen LogP contribution in [0.15, 0.2) is 60.7 Å². The number of rotatable bonds is 19. The van der Waals surface area contributed by atoms with Gasteiger partial charge in [-0.15, -0.1) is 0 Å². The van der Waals surface area contributed by atoms with Gasteiger partial charge < -0.3 is 62.3 Å². The number of aryl methyl sites for hydroxylation is 2. The van der Waals surface area contributed by atoms with Crippen LogP contribution in [0.2, 0.25) is 0 Å². The van der Waals surface area contributed by atoms with Crippen LogP contribution in [0.5, 0.6) is 17.2 Å². The number of likely N-dealkylation sites (N-methyl/N-ethyl adjacent to an activating group) is 1. The van der Waals surface area contributed by atoms with E-state index in [9.17, 15) is 24.0 Å². The summed E-state index contributed by atoms with van der Waals surface area (Å²) in [4.78, 5) is 80.9. The van der Waals surface area contributed by atoms with E-state index in [0.717, 1.165) is 0 Å². The number of carbonyl (C=O) groups excluding carboxylic acids is 5. The Morgan fingerprint density at radius 1 is 0.851 bits per heavy atom. The first-order chi connectivity index (χ1) is 32.2. The predicted octanol–water partition coefficient (Wildman–Crippen LogP) is 0.960. The van der Waals surface area contributed by atoms with Gasteiger partial charge in [-0.1, -0.05) is 12.1 Å². The minimum Gasteiger partial charge on any atom is -0.492 e. The Bertz CT molecular complexity index is 2420. The first kappa shape index (κ1) is 50.8. The zero-order chi connectivity index (χ0) is 48.6. The van der Waals surface area contributed by atoms with Crippen LogP contribution in [0.1, 0.15) is 52.3 Å². The molecule has 67 heavy (non-hydrogen) atoms. The summed E-state index contributed by atoms with van der Waals surface area (Å²) in [5, 5.41) is 19.9. The van der Waals surface area contributed by atoms with E-state index >= 15 is 0 Å². The molecule has 0 aliphatic carbocycles. The number of fused-ring (bicyclic) bond motifs is 5. The van der Waals surface area contributed by atoms with Crippen LogP contribution in [0.3, 0.4) is 0 Å². The summed E-state index contributed by atoms with van der Waals surface area (Å²) in [5.74, 6) is -1.63. The Hall–Kier alpha value is -7.18. The molecule has 4 bridgehead atoms. The molecule has 4 unspecified atom stereocenters. The van der Waals surface area contributed by atoms with Crippen molar-refractivity contribution in [3.8, 4) is 45.8 Å². The van der Waals surface area contributed by atoms with Crippen LogP contribution < -0.4 is 52.7 Å². The maximum atomic E-state index is 14.7. The molecule has 3 aromatic carbocycles. The maximum absolute atomic E-state index is 14.7. The summed E-state index contributed by atoms with van der Waals surface area (Å²) in [6, 6.07) is 14.1. The molecule has 0 radical (unpaired) electrons. The molecule has 0 saturated heterocycles. The highest BCUT2D eigenvalue weighted by Gasteiger charge is 2.36. The fraction of sp³-hybridized carbons (Fsp3) is 0.404. The number of methoxy groups -OCH3 is 1. The second kappa shape index (κ2) is 24.4. The maximum Gasteiger partial charge on any atom is 0.255 e. The molecule has 0 spiro atoms. The van der Waals surface area contributed by atoms with Gasteiger partial charge in [0.1, 0.15) is 67.8 Å². The van der Waals surface area contributed by atoms with Crippen LogP contribution in [0.4, 0.5) is 0 Å². The van der Waals surface area contributed by atoms with Crippen LogP contribution >= 0.6 is 0 Å². The number of nitrogens with one attached hydrogen (secondary N) is 4. The number of carbonyl (C=O) groups is 5. The van der Waals surface area contributed by atoms with Gasteiger partial charge in [0.05, 0.1) is 29.6 Å². The monoisotopic (exact) mass is 921 g/mol. The molecular formula is C47H59N11O9. The molecule has 10 N–H and O–H groups in total. The van der Waals surface area contributed by atoms with E-state index in [4.69, 9.17) is 41.4 Å². The van der Waals surface area contributed by atoms with E-state index < -0.39 is 53.7 Å². The summed E-state index contributed by atoms with van der Waals surface area (Å²) in [6.45, 7) is 5.92. The van der Waals surface area contributed by atoms with E-state index in [1.165, 1.54) is 18.9 Å². The zero-order valence-corrected chi connectivity index (χ0v) is 38.3. The number of amides is 5. The summed E-state index contributed by atoms with van der Waals surface area (Å²) >= 11 is 0. The van der Waals surface area contributed by atoms with Crippen molar-refractivity contribution in [2.75, 3.05) is 66.8 Å². The number of nitrogens with two attached hydrogens (primary N) is 3. The second-order valence-electron chi connectivity index (χ2n) is 15.6. The molecule has 20 heteroatoms. The van der Waals surface area contributed by atoms with Gasteiger partial charge in [0.15, 0.2) is 5.82 Å². The molecule has 356 valence electrons. The van der Waals surface area contributed by atoms with Crippen molar-refractivity contribution in [3.63, 3.8) is 0 Å². The molecule has 4 atom stereocenters. The van der Waals surface area contributed by atoms with Gasteiger partial charge >= 0.3 is 0 Å². The molecule has 2 heterocycles. The summed E-state index contributed by atoms with van der Waals surface area (Å²) < 4.78 is 22.9. The van der Waals surface area contributed by atoms with E-state index in [2.05, 4.69) is 31.2 Å². The lowest BCUT2D eigenvalue weighted by atomic mass is 9.93. The third kappa shape index (κ3) is 13.0. The third-order valence-corrected chi connectivity index (χ3v) is 10.8. The molecule has 5 rings (SSSR count). The summed E-state index contributed by atoms with van der Waals surface area (Å²) in [5.41, 5.74) is 21.1. The quantitative estimate of drug-likeness (QED) is 0.0509. The normalized spacial score (nSPS) is 16.3. The van der Waals surface area contributed by atoms with Crippen molar-refractivity contribution in [1.82, 2.24) is 36.1 Å². The van der Waals surface area contributed by atoms with Crippen molar-refractivity contribution in [2.45, 2.75) is 57.8 Å². The highest BCUT2D eigenvalue weighted by atomic mass is 16.5. The molecule has 5 amide bonds. The number of hydrogen-bond acceptors (Lipinski definition) is 15. The second-order valence-corrected chi connectivity index (χ2v) is 15.6. The minimum atomic E-state index is -1.42. The number of nitrogens with zero attached hydrogens (tertiary/aromatic N) is 4. The van der Waals surface area contributed by atoms with Gasteiger partial charge in [-0.05, 0) is 93.4 Å². The molecule has 4 aromatic rings. The standard InChI is InChI=1S/C47H59N11O9/c1-27-40(28(2)54-42(53-27)31-7-10-33(11-8-31)65-23-22-64-5)45(61)56-36(14-15-48)47(63)58(4)41-32-9-13-39(67-21-18-51)35(26-32)34-24-30(6-12-38(34)66-20-17-50)25-37(44(60)52-19-16-49)57-43(59)29(3)55-46(41)62/h6-13,24,26,29,36-37,41H,14-15,17-23,25,48,50-51H2,1-5H3,(H,52,60)(H,55,62)(H,56,61)(H,57,59). The van der Waals surface area contributed by atoms with Crippen LogP contribution in [0, 0.1) is 25.2 Å². The van der Waals surface area contributed by atoms with E-state index in [0.29, 0.717) is 75.5 Å². The lowest BCUT2D eigenvalue weighted by molar-refractivity contribution is -0.141. The fourth-order valence-electron chi connectivity index (χ4n) is 7.48. The Morgan fingerprint density at radius 2 is 1.49 bits per heavy atom. The Balaban J connectivity index is 1.54. The Labute approximate surface area is 389 Å². The van der Waals surface area contributed by atoms with Crippen LogP contribution in [-0.2, 0) is 30.3 Å². The first-order valence-corrected chi connectivity index (χ1v) is 21.8. The van der Waals surface area contributed by atoms with Gasteiger partial charge in [-0.2, -0.15) is 5.26 Å². The Kier molecular flexibility index (Phi) is 18.5. The van der Waals surface area contributed by atoms with Crippen molar-refractivity contribution >= 4 is 29.5 Å². The SMILES string of the molecule is COCCOc1ccc(-c2nc(C)c(C(=O)NC(CCN)C(=O)N(C)C3C(=O)NC(C)C(=O)NC(C(=O)NCC#N)Cc4ccc(OCCN)c(c4)-c4cc3ccc4OCCN)c(C)n2)cc1. The van der Waals surface area contributed by atoms with Gasteiger partial charge in [-0.3, -0.25) is 24.0 Å². The minimum absolute atomic E-state index is 0.00436. The molecular weight excluding hydrogens is 863 g/mol. The van der Waals surface area contributed by atoms with Crippen LogP contribution in [-0.4, -0.2) is 129 Å². The van der Waals surface area contributed by atoms with Crippen molar-refractivity contribution in [3.05, 3.63) is 88.7 Å². The molecule has 0 saturated carbocycles. The van der Waals surface area contributed by atoms with E-state index in [1.54, 1.807) is 81.6 Å². The number of nitriles is 1. The molecule has 20 nitrogen and oxygen atoms in total. The number of hydrogen-bond donors (Lipinski definition) is 7. The first-order valence-electron chi connectivity index (χ1n) is 21.8. The van der Waals surface area contributed by atoms with Crippen molar-refractivity contribution in [1.29, 1.82) is 5.26 Å². The smallest absolute Gasteiger partial charge is 0.255 e. The van der Waals surface area contributed by atoms with Gasteiger partial charge in [0.2, 0.25) is 23.6 Å². The molecule has 1 aliphatic rings. The van der Waals surface area contributed by atoms with Crippen molar-refractivity contribution in [2.24, 2.45) is 17.2 Å². The molecule has 0 fully saturated rings. The molecule has 1 aromatic heterocycles. The zero-order valence-electron chi connectivity index (χ0n) is 38.3. The fourth-order valence-corrected chi connectivity index (χ4v) is 7.48.